The fourth-order valence-corrected chi connectivity index (χ4v) is 2.13. The SMILES string of the molecule is CC(CO)C(C)NC(c1ccccc1)c1ccccn1. The van der Waals surface area contributed by atoms with Crippen LogP contribution in [0.15, 0.2) is 54.7 Å². The average molecular weight is 270 g/mol. The highest BCUT2D eigenvalue weighted by Gasteiger charge is 2.20. The summed E-state index contributed by atoms with van der Waals surface area (Å²) in [4.78, 5) is 4.47. The summed E-state index contributed by atoms with van der Waals surface area (Å²) in [5.41, 5.74) is 2.18. The second kappa shape index (κ2) is 7.17. The topological polar surface area (TPSA) is 45.1 Å². The Kier molecular flexibility index (Phi) is 5.27. The number of rotatable bonds is 6. The predicted molar refractivity (Wildman–Crippen MR) is 81.4 cm³/mol. The van der Waals surface area contributed by atoms with E-state index in [4.69, 9.17) is 0 Å². The third-order valence-electron chi connectivity index (χ3n) is 3.69. The molecule has 2 rings (SSSR count). The minimum absolute atomic E-state index is 0.0430. The number of pyridine rings is 1. The van der Waals surface area contributed by atoms with Gasteiger partial charge in [-0.25, -0.2) is 0 Å². The highest BCUT2D eigenvalue weighted by atomic mass is 16.3. The largest absolute Gasteiger partial charge is 0.396 e. The maximum atomic E-state index is 9.30. The average Bonchev–Trinajstić information content (AvgIpc) is 2.53. The lowest BCUT2D eigenvalue weighted by Crippen LogP contribution is -2.37. The zero-order chi connectivity index (χ0) is 14.4. The van der Waals surface area contributed by atoms with Crippen LogP contribution in [0.4, 0.5) is 0 Å². The molecule has 20 heavy (non-hydrogen) atoms. The van der Waals surface area contributed by atoms with E-state index in [9.17, 15) is 5.11 Å². The van der Waals surface area contributed by atoms with Crippen molar-refractivity contribution in [2.24, 2.45) is 5.92 Å². The van der Waals surface area contributed by atoms with E-state index in [2.05, 4.69) is 29.4 Å². The molecule has 2 N–H and O–H groups in total. The van der Waals surface area contributed by atoms with E-state index in [0.29, 0.717) is 0 Å². The van der Waals surface area contributed by atoms with Crippen molar-refractivity contribution in [3.63, 3.8) is 0 Å². The van der Waals surface area contributed by atoms with Gasteiger partial charge in [-0.05, 0) is 30.5 Å². The quantitative estimate of drug-likeness (QED) is 0.848. The zero-order valence-corrected chi connectivity index (χ0v) is 12.0. The Bertz CT molecular complexity index is 461. The fraction of sp³-hybridized carbons (Fsp3) is 0.353. The molecular formula is C17H22N2O. The Hall–Kier alpha value is -1.71. The predicted octanol–water partition coefficient (Wildman–Crippen LogP) is 2.78. The van der Waals surface area contributed by atoms with Crippen LogP contribution < -0.4 is 5.32 Å². The second-order valence-electron chi connectivity index (χ2n) is 5.21. The second-order valence-corrected chi connectivity index (χ2v) is 5.21. The van der Waals surface area contributed by atoms with Gasteiger partial charge in [-0.15, -0.1) is 0 Å². The molecule has 0 bridgehead atoms. The van der Waals surface area contributed by atoms with Crippen LogP contribution in [0.1, 0.15) is 31.1 Å². The summed E-state index contributed by atoms with van der Waals surface area (Å²) < 4.78 is 0. The van der Waals surface area contributed by atoms with Gasteiger partial charge in [0.05, 0.1) is 11.7 Å². The van der Waals surface area contributed by atoms with Gasteiger partial charge in [-0.1, -0.05) is 43.3 Å². The number of aromatic nitrogens is 1. The summed E-state index contributed by atoms with van der Waals surface area (Å²) in [5, 5.41) is 12.9. The Labute approximate surface area is 120 Å². The van der Waals surface area contributed by atoms with Gasteiger partial charge in [0, 0.05) is 18.8 Å². The van der Waals surface area contributed by atoms with Gasteiger partial charge in [0.15, 0.2) is 0 Å². The lowest BCUT2D eigenvalue weighted by Gasteiger charge is -2.26. The standard InChI is InChI=1S/C17H22N2O/c1-13(12-20)14(2)19-17(15-8-4-3-5-9-15)16-10-6-7-11-18-16/h3-11,13-14,17,19-20H,12H2,1-2H3. The first kappa shape index (κ1) is 14.7. The highest BCUT2D eigenvalue weighted by Crippen LogP contribution is 2.21. The minimum Gasteiger partial charge on any atom is -0.396 e. The molecule has 3 atom stereocenters. The monoisotopic (exact) mass is 270 g/mol. The first-order valence-corrected chi connectivity index (χ1v) is 7.05. The summed E-state index contributed by atoms with van der Waals surface area (Å²) in [6, 6.07) is 16.5. The van der Waals surface area contributed by atoms with Crippen molar-refractivity contribution in [3.8, 4) is 0 Å². The number of aliphatic hydroxyl groups excluding tert-OH is 1. The summed E-state index contributed by atoms with van der Waals surface area (Å²) in [7, 11) is 0. The molecule has 2 aromatic rings. The van der Waals surface area contributed by atoms with Gasteiger partial charge >= 0.3 is 0 Å². The zero-order valence-electron chi connectivity index (χ0n) is 12.0. The van der Waals surface area contributed by atoms with Gasteiger partial charge in [0.1, 0.15) is 0 Å². The molecule has 0 aliphatic carbocycles. The number of nitrogens with zero attached hydrogens (tertiary/aromatic N) is 1. The summed E-state index contributed by atoms with van der Waals surface area (Å²) in [6.45, 7) is 4.32. The summed E-state index contributed by atoms with van der Waals surface area (Å²) >= 11 is 0. The Morgan fingerprint density at radius 2 is 1.75 bits per heavy atom. The van der Waals surface area contributed by atoms with Crippen molar-refractivity contribution in [1.82, 2.24) is 10.3 Å². The molecule has 0 saturated heterocycles. The summed E-state index contributed by atoms with van der Waals surface area (Å²) in [6.07, 6.45) is 1.81. The van der Waals surface area contributed by atoms with E-state index < -0.39 is 0 Å². The Balaban J connectivity index is 2.26. The molecule has 3 heteroatoms. The first-order chi connectivity index (χ1) is 9.72. The van der Waals surface area contributed by atoms with Crippen LogP contribution in [-0.4, -0.2) is 22.7 Å². The minimum atomic E-state index is 0.0430. The molecule has 0 saturated carbocycles. The molecule has 106 valence electrons. The van der Waals surface area contributed by atoms with Gasteiger partial charge in [-0.2, -0.15) is 0 Å². The van der Waals surface area contributed by atoms with Crippen LogP contribution >= 0.6 is 0 Å². The number of nitrogens with one attached hydrogen (secondary N) is 1. The van der Waals surface area contributed by atoms with E-state index >= 15 is 0 Å². The van der Waals surface area contributed by atoms with Crippen molar-refractivity contribution >= 4 is 0 Å². The van der Waals surface area contributed by atoms with Crippen LogP contribution in [0.3, 0.4) is 0 Å². The molecule has 1 aromatic heterocycles. The van der Waals surface area contributed by atoms with E-state index in [1.54, 1.807) is 0 Å². The lowest BCUT2D eigenvalue weighted by molar-refractivity contribution is 0.203. The maximum Gasteiger partial charge on any atom is 0.0753 e. The molecule has 3 unspecified atom stereocenters. The van der Waals surface area contributed by atoms with Crippen molar-refractivity contribution in [1.29, 1.82) is 0 Å². The van der Waals surface area contributed by atoms with Gasteiger partial charge < -0.3 is 10.4 Å². The molecule has 0 radical (unpaired) electrons. The third kappa shape index (κ3) is 3.65. The first-order valence-electron chi connectivity index (χ1n) is 7.05. The third-order valence-corrected chi connectivity index (χ3v) is 3.69. The van der Waals surface area contributed by atoms with E-state index in [1.165, 1.54) is 5.56 Å². The highest BCUT2D eigenvalue weighted by molar-refractivity contribution is 5.27. The van der Waals surface area contributed by atoms with Crippen molar-refractivity contribution < 1.29 is 5.11 Å². The normalized spacial score (nSPS) is 15.6. The van der Waals surface area contributed by atoms with Crippen LogP contribution in [0.25, 0.3) is 0 Å². The van der Waals surface area contributed by atoms with E-state index in [1.807, 2.05) is 49.5 Å². The number of aliphatic hydroxyl groups is 1. The van der Waals surface area contributed by atoms with Crippen molar-refractivity contribution in [2.75, 3.05) is 6.61 Å². The molecule has 0 amide bonds. The Morgan fingerprint density at radius 1 is 1.05 bits per heavy atom. The van der Waals surface area contributed by atoms with Crippen LogP contribution in [0, 0.1) is 5.92 Å². The number of hydrogen-bond acceptors (Lipinski definition) is 3. The Morgan fingerprint density at radius 3 is 2.35 bits per heavy atom. The van der Waals surface area contributed by atoms with Crippen LogP contribution in [-0.2, 0) is 0 Å². The molecule has 0 fully saturated rings. The van der Waals surface area contributed by atoms with Crippen molar-refractivity contribution in [3.05, 3.63) is 66.0 Å². The molecule has 0 spiro atoms. The van der Waals surface area contributed by atoms with E-state index in [-0.39, 0.29) is 24.6 Å². The van der Waals surface area contributed by atoms with Gasteiger partial charge in [-0.3, -0.25) is 4.98 Å². The van der Waals surface area contributed by atoms with Gasteiger partial charge in [0.25, 0.3) is 0 Å². The van der Waals surface area contributed by atoms with Crippen molar-refractivity contribution in [2.45, 2.75) is 25.9 Å². The lowest BCUT2D eigenvalue weighted by atomic mass is 9.98. The molecule has 1 heterocycles. The summed E-state index contributed by atoms with van der Waals surface area (Å²) in [5.74, 6) is 0.199. The molecule has 1 aromatic carbocycles. The van der Waals surface area contributed by atoms with Gasteiger partial charge in [0.2, 0.25) is 0 Å². The number of hydrogen-bond donors (Lipinski definition) is 2. The van der Waals surface area contributed by atoms with E-state index in [0.717, 1.165) is 5.69 Å². The van der Waals surface area contributed by atoms with Crippen LogP contribution in [0.5, 0.6) is 0 Å². The fourth-order valence-electron chi connectivity index (χ4n) is 2.13. The van der Waals surface area contributed by atoms with Crippen LogP contribution in [0.2, 0.25) is 0 Å². The maximum absolute atomic E-state index is 9.30. The number of benzene rings is 1. The molecular weight excluding hydrogens is 248 g/mol. The smallest absolute Gasteiger partial charge is 0.0753 e. The molecule has 3 nitrogen and oxygen atoms in total. The molecule has 0 aliphatic heterocycles. The molecule has 0 aliphatic rings.